The minimum absolute atomic E-state index is 0.489. The average Bonchev–Trinajstić information content (AvgIpc) is 2.46. The van der Waals surface area contributed by atoms with Gasteiger partial charge in [-0.2, -0.15) is 0 Å². The third-order valence-corrected chi connectivity index (χ3v) is 4.12. The number of hydrogen-bond donors (Lipinski definition) is 1. The summed E-state index contributed by atoms with van der Waals surface area (Å²) in [6.07, 6.45) is 0. The molecule has 100 valence electrons. The van der Waals surface area contributed by atoms with Gasteiger partial charge >= 0.3 is 0 Å². The first-order valence-electron chi connectivity index (χ1n) is 5.97. The highest BCUT2D eigenvalue weighted by atomic mass is 35.5. The molecule has 0 heterocycles. The maximum Gasteiger partial charge on any atom is 0.123 e. The molecule has 0 spiro atoms. The van der Waals surface area contributed by atoms with Gasteiger partial charge in [-0.25, -0.2) is 0 Å². The van der Waals surface area contributed by atoms with Crippen LogP contribution < -0.4 is 10.5 Å². The van der Waals surface area contributed by atoms with E-state index in [0.717, 1.165) is 22.1 Å². The van der Waals surface area contributed by atoms with Crippen molar-refractivity contribution in [3.63, 3.8) is 0 Å². The molecule has 0 saturated heterocycles. The molecule has 0 unspecified atom stereocenters. The molecule has 0 amide bonds. The van der Waals surface area contributed by atoms with Crippen LogP contribution >= 0.6 is 23.4 Å². The van der Waals surface area contributed by atoms with Gasteiger partial charge in [0.15, 0.2) is 0 Å². The molecule has 0 aliphatic heterocycles. The van der Waals surface area contributed by atoms with Crippen LogP contribution in [0.25, 0.3) is 0 Å². The van der Waals surface area contributed by atoms with Crippen molar-refractivity contribution < 1.29 is 4.74 Å². The highest BCUT2D eigenvalue weighted by Gasteiger charge is 2.03. The summed E-state index contributed by atoms with van der Waals surface area (Å²) in [6.45, 7) is 0.489. The Balaban J connectivity index is 2.05. The minimum atomic E-state index is 0.489. The van der Waals surface area contributed by atoms with E-state index < -0.39 is 0 Å². The molecular weight excluding hydrogens is 278 g/mol. The number of benzene rings is 2. The van der Waals surface area contributed by atoms with E-state index in [-0.39, 0.29) is 0 Å². The Morgan fingerprint density at radius 1 is 1.16 bits per heavy atom. The number of ether oxygens (including phenoxy) is 1. The third kappa shape index (κ3) is 3.90. The number of halogens is 1. The van der Waals surface area contributed by atoms with Crippen molar-refractivity contribution in [2.75, 3.05) is 7.11 Å². The van der Waals surface area contributed by atoms with E-state index in [0.29, 0.717) is 6.54 Å². The van der Waals surface area contributed by atoms with Crippen molar-refractivity contribution in [3.05, 3.63) is 58.6 Å². The van der Waals surface area contributed by atoms with E-state index in [2.05, 4.69) is 12.1 Å². The lowest BCUT2D eigenvalue weighted by Gasteiger charge is -2.09. The van der Waals surface area contributed by atoms with Crippen LogP contribution in [0.3, 0.4) is 0 Å². The molecule has 4 heteroatoms. The predicted octanol–water partition coefficient (Wildman–Crippen LogP) is 4.10. The van der Waals surface area contributed by atoms with Gasteiger partial charge in [0, 0.05) is 27.8 Å². The molecule has 0 atom stereocenters. The molecule has 19 heavy (non-hydrogen) atoms. The standard InChI is InChI=1S/C15H16ClNOS/c1-18-15-7-2-11(8-12(15)9-17)10-19-14-5-3-13(16)4-6-14/h2-8H,9-10,17H2,1H3. The van der Waals surface area contributed by atoms with E-state index in [1.807, 2.05) is 30.3 Å². The van der Waals surface area contributed by atoms with Crippen LogP contribution in [0, 0.1) is 0 Å². The Bertz CT molecular complexity index is 542. The van der Waals surface area contributed by atoms with Crippen LogP contribution in [0.1, 0.15) is 11.1 Å². The van der Waals surface area contributed by atoms with Crippen LogP contribution in [-0.2, 0) is 12.3 Å². The Morgan fingerprint density at radius 2 is 1.89 bits per heavy atom. The van der Waals surface area contributed by atoms with Crippen LogP contribution in [-0.4, -0.2) is 7.11 Å². The van der Waals surface area contributed by atoms with E-state index in [4.69, 9.17) is 22.1 Å². The van der Waals surface area contributed by atoms with Gasteiger partial charge in [0.2, 0.25) is 0 Å². The lowest BCUT2D eigenvalue weighted by atomic mass is 10.1. The van der Waals surface area contributed by atoms with E-state index in [9.17, 15) is 0 Å². The van der Waals surface area contributed by atoms with Gasteiger partial charge in [-0.1, -0.05) is 17.7 Å². The second-order valence-electron chi connectivity index (χ2n) is 4.09. The van der Waals surface area contributed by atoms with Gasteiger partial charge in [-0.15, -0.1) is 11.8 Å². The molecule has 2 aromatic rings. The summed E-state index contributed by atoms with van der Waals surface area (Å²) in [6, 6.07) is 14.0. The number of rotatable bonds is 5. The highest BCUT2D eigenvalue weighted by Crippen LogP contribution is 2.26. The Kier molecular flexibility index (Phi) is 5.14. The van der Waals surface area contributed by atoms with Crippen molar-refractivity contribution in [3.8, 4) is 5.75 Å². The summed E-state index contributed by atoms with van der Waals surface area (Å²) in [4.78, 5) is 1.20. The highest BCUT2D eigenvalue weighted by molar-refractivity contribution is 7.98. The van der Waals surface area contributed by atoms with Crippen molar-refractivity contribution >= 4 is 23.4 Å². The largest absolute Gasteiger partial charge is 0.496 e. The van der Waals surface area contributed by atoms with Crippen molar-refractivity contribution in [2.45, 2.75) is 17.2 Å². The molecule has 0 saturated carbocycles. The molecule has 0 aromatic heterocycles. The molecule has 0 fully saturated rings. The smallest absolute Gasteiger partial charge is 0.123 e. The topological polar surface area (TPSA) is 35.2 Å². The molecule has 0 bridgehead atoms. The number of methoxy groups -OCH3 is 1. The fraction of sp³-hybridized carbons (Fsp3) is 0.200. The van der Waals surface area contributed by atoms with Crippen molar-refractivity contribution in [1.29, 1.82) is 0 Å². The van der Waals surface area contributed by atoms with Crippen LogP contribution in [0.5, 0.6) is 5.75 Å². The first-order chi connectivity index (χ1) is 9.22. The quantitative estimate of drug-likeness (QED) is 0.843. The molecule has 2 aromatic carbocycles. The fourth-order valence-electron chi connectivity index (χ4n) is 1.78. The second-order valence-corrected chi connectivity index (χ2v) is 5.58. The fourth-order valence-corrected chi connectivity index (χ4v) is 2.75. The summed E-state index contributed by atoms with van der Waals surface area (Å²) in [7, 11) is 1.66. The van der Waals surface area contributed by atoms with E-state index in [1.165, 1.54) is 10.5 Å². The zero-order valence-electron chi connectivity index (χ0n) is 10.7. The summed E-state index contributed by atoms with van der Waals surface area (Å²) < 4.78 is 5.27. The normalized spacial score (nSPS) is 10.5. The predicted molar refractivity (Wildman–Crippen MR) is 81.9 cm³/mol. The summed E-state index contributed by atoms with van der Waals surface area (Å²) in [5.74, 6) is 1.75. The summed E-state index contributed by atoms with van der Waals surface area (Å²) >= 11 is 7.64. The molecular formula is C15H16ClNOS. The molecule has 2 N–H and O–H groups in total. The SMILES string of the molecule is COc1ccc(CSc2ccc(Cl)cc2)cc1CN. The van der Waals surface area contributed by atoms with Gasteiger partial charge < -0.3 is 10.5 Å². The first kappa shape index (κ1) is 14.3. The molecule has 2 nitrogen and oxygen atoms in total. The molecule has 0 aliphatic carbocycles. The number of hydrogen-bond acceptors (Lipinski definition) is 3. The monoisotopic (exact) mass is 293 g/mol. The minimum Gasteiger partial charge on any atom is -0.496 e. The first-order valence-corrected chi connectivity index (χ1v) is 7.33. The van der Waals surface area contributed by atoms with Gasteiger partial charge in [-0.3, -0.25) is 0 Å². The van der Waals surface area contributed by atoms with Crippen LogP contribution in [0.4, 0.5) is 0 Å². The zero-order chi connectivity index (χ0) is 13.7. The van der Waals surface area contributed by atoms with Crippen LogP contribution in [0.15, 0.2) is 47.4 Å². The average molecular weight is 294 g/mol. The van der Waals surface area contributed by atoms with E-state index in [1.54, 1.807) is 18.9 Å². The maximum atomic E-state index is 5.86. The van der Waals surface area contributed by atoms with Gasteiger partial charge in [0.1, 0.15) is 5.75 Å². The van der Waals surface area contributed by atoms with Gasteiger partial charge in [-0.05, 0) is 42.0 Å². The Labute approximate surface area is 122 Å². The maximum absolute atomic E-state index is 5.86. The molecule has 0 radical (unpaired) electrons. The van der Waals surface area contributed by atoms with Gasteiger partial charge in [0.05, 0.1) is 7.11 Å². The summed E-state index contributed by atoms with van der Waals surface area (Å²) in [5, 5.41) is 0.763. The third-order valence-electron chi connectivity index (χ3n) is 2.78. The zero-order valence-corrected chi connectivity index (χ0v) is 12.3. The van der Waals surface area contributed by atoms with Crippen molar-refractivity contribution in [2.24, 2.45) is 5.73 Å². The molecule has 0 aliphatic rings. The summed E-state index contributed by atoms with van der Waals surface area (Å²) in [5.41, 5.74) is 7.99. The van der Waals surface area contributed by atoms with E-state index >= 15 is 0 Å². The second kappa shape index (κ2) is 6.85. The van der Waals surface area contributed by atoms with Crippen LogP contribution in [0.2, 0.25) is 5.02 Å². The number of nitrogens with two attached hydrogens (primary N) is 1. The Hall–Kier alpha value is -1.16. The van der Waals surface area contributed by atoms with Crippen molar-refractivity contribution in [1.82, 2.24) is 0 Å². The van der Waals surface area contributed by atoms with Gasteiger partial charge in [0.25, 0.3) is 0 Å². The molecule has 2 rings (SSSR count). The Morgan fingerprint density at radius 3 is 2.53 bits per heavy atom. The lowest BCUT2D eigenvalue weighted by Crippen LogP contribution is -2.00. The number of thioether (sulfide) groups is 1. The lowest BCUT2D eigenvalue weighted by molar-refractivity contribution is 0.409.